The summed E-state index contributed by atoms with van der Waals surface area (Å²) in [7, 11) is 0. The van der Waals surface area contributed by atoms with Gasteiger partial charge >= 0.3 is 17.9 Å². The Kier molecular flexibility index (Phi) is 18.8. The molecular weight excluding hydrogens is 460 g/mol. The molecule has 7 nitrogen and oxygen atoms in total. The lowest BCUT2D eigenvalue weighted by atomic mass is 10.1. The van der Waals surface area contributed by atoms with E-state index in [1.807, 2.05) is 66.7 Å². The predicted molar refractivity (Wildman–Crippen MR) is 144 cm³/mol. The van der Waals surface area contributed by atoms with Crippen LogP contribution in [0.4, 0.5) is 0 Å². The highest BCUT2D eigenvalue weighted by molar-refractivity contribution is 5.86. The summed E-state index contributed by atoms with van der Waals surface area (Å²) in [6, 6.07) is 19.8. The minimum Gasteiger partial charge on any atom is -0.512 e. The maximum atomic E-state index is 10.5. The van der Waals surface area contributed by atoms with Gasteiger partial charge in [0.2, 0.25) is 0 Å². The Bertz CT molecular complexity index is 1020. The number of rotatable bonds is 7. The third-order valence-corrected chi connectivity index (χ3v) is 4.31. The van der Waals surface area contributed by atoms with Crippen LogP contribution in [0.3, 0.4) is 0 Å². The van der Waals surface area contributed by atoms with Crippen molar-refractivity contribution >= 4 is 24.0 Å². The van der Waals surface area contributed by atoms with Crippen molar-refractivity contribution in [2.75, 3.05) is 0 Å². The van der Waals surface area contributed by atoms with Crippen molar-refractivity contribution in [2.24, 2.45) is 0 Å². The molecule has 0 aliphatic carbocycles. The molecule has 0 spiro atoms. The molecule has 4 N–H and O–H groups in total. The highest BCUT2D eigenvalue weighted by Gasteiger charge is 2.04. The van der Waals surface area contributed by atoms with Gasteiger partial charge in [0.05, 0.1) is 5.57 Å². The molecule has 2 aromatic rings. The molecule has 194 valence electrons. The number of aliphatic hydroxyl groups is 1. The van der Waals surface area contributed by atoms with E-state index in [1.165, 1.54) is 19.4 Å². The molecule has 0 aromatic heterocycles. The number of allylic oxidation sites excluding steroid dienone is 2. The summed E-state index contributed by atoms with van der Waals surface area (Å²) in [6.07, 6.45) is 4.61. The largest absolute Gasteiger partial charge is 0.512 e. The second kappa shape index (κ2) is 20.0. The number of aliphatic hydroxyl groups excluding tert-OH is 1. The van der Waals surface area contributed by atoms with Gasteiger partial charge in [0.25, 0.3) is 0 Å². The molecular formula is C29H36O7. The summed E-state index contributed by atoms with van der Waals surface area (Å²) in [5, 5.41) is 33.5. The van der Waals surface area contributed by atoms with Crippen LogP contribution >= 0.6 is 0 Å². The fourth-order valence-electron chi connectivity index (χ4n) is 1.95. The van der Waals surface area contributed by atoms with E-state index < -0.39 is 17.9 Å². The Balaban J connectivity index is 0. The molecule has 0 fully saturated rings. The molecule has 0 radical (unpaired) electrons. The summed E-state index contributed by atoms with van der Waals surface area (Å²) in [6.45, 7) is 12.9. The van der Waals surface area contributed by atoms with Crippen LogP contribution < -0.4 is 0 Å². The zero-order valence-electron chi connectivity index (χ0n) is 21.3. The van der Waals surface area contributed by atoms with Gasteiger partial charge in [0.1, 0.15) is 5.76 Å². The smallest absolute Gasteiger partial charge is 0.334 e. The number of carboxylic acids is 3. The second-order valence-electron chi connectivity index (χ2n) is 7.31. The SMILES string of the molecule is C/C(=C\Cc1ccccc1)C(=O)O.C=C(C)C(=O)O.C=Cc1ccccc1.CC/C(O)=C(/C)C(=O)O. The Morgan fingerprint density at radius 3 is 1.50 bits per heavy atom. The first-order valence-corrected chi connectivity index (χ1v) is 11.0. The fourth-order valence-corrected chi connectivity index (χ4v) is 1.95. The molecule has 36 heavy (non-hydrogen) atoms. The van der Waals surface area contributed by atoms with Crippen molar-refractivity contribution < 1.29 is 34.8 Å². The molecule has 2 rings (SSSR count). The second-order valence-corrected chi connectivity index (χ2v) is 7.31. The van der Waals surface area contributed by atoms with Crippen LogP contribution in [-0.4, -0.2) is 38.3 Å². The van der Waals surface area contributed by atoms with Gasteiger partial charge in [0, 0.05) is 17.6 Å². The fraction of sp³-hybridized carbons (Fsp3) is 0.207. The Morgan fingerprint density at radius 1 is 0.778 bits per heavy atom. The molecule has 7 heteroatoms. The lowest BCUT2D eigenvalue weighted by molar-refractivity contribution is -0.133. The normalized spacial score (nSPS) is 10.4. The molecule has 2 aromatic carbocycles. The molecule has 0 atom stereocenters. The van der Waals surface area contributed by atoms with Crippen molar-refractivity contribution in [2.45, 2.75) is 40.5 Å². The lowest BCUT2D eigenvalue weighted by Crippen LogP contribution is -1.99. The van der Waals surface area contributed by atoms with E-state index in [9.17, 15) is 14.4 Å². The molecule has 0 aliphatic rings. The van der Waals surface area contributed by atoms with Gasteiger partial charge in [-0.15, -0.1) is 0 Å². The minimum atomic E-state index is -1.06. The number of carbonyl (C=O) groups is 3. The van der Waals surface area contributed by atoms with Crippen LogP contribution in [0, 0.1) is 0 Å². The van der Waals surface area contributed by atoms with Gasteiger partial charge in [0.15, 0.2) is 0 Å². The molecule has 0 unspecified atom stereocenters. The lowest BCUT2D eigenvalue weighted by Gasteiger charge is -1.95. The summed E-state index contributed by atoms with van der Waals surface area (Å²) < 4.78 is 0. The number of benzene rings is 2. The molecule has 0 saturated carbocycles. The number of aliphatic carboxylic acids is 3. The van der Waals surface area contributed by atoms with E-state index in [1.54, 1.807) is 19.9 Å². The summed E-state index contributed by atoms with van der Waals surface area (Å²) >= 11 is 0. The van der Waals surface area contributed by atoms with Gasteiger partial charge in [-0.2, -0.15) is 0 Å². The van der Waals surface area contributed by atoms with Gasteiger partial charge in [-0.1, -0.05) is 92.9 Å². The van der Waals surface area contributed by atoms with Crippen LogP contribution in [0.25, 0.3) is 6.08 Å². The van der Waals surface area contributed by atoms with Crippen LogP contribution in [-0.2, 0) is 20.8 Å². The minimum absolute atomic E-state index is 0.0255. The Hall–Kier alpha value is -4.39. The van der Waals surface area contributed by atoms with Crippen LogP contribution in [0.15, 0.2) is 102 Å². The van der Waals surface area contributed by atoms with E-state index in [0.717, 1.165) is 5.56 Å². The van der Waals surface area contributed by atoms with Crippen LogP contribution in [0.2, 0.25) is 0 Å². The first-order valence-electron chi connectivity index (χ1n) is 11.0. The van der Waals surface area contributed by atoms with Crippen molar-refractivity contribution in [3.8, 4) is 0 Å². The van der Waals surface area contributed by atoms with Gasteiger partial charge in [-0.05, 0) is 38.3 Å². The third kappa shape index (κ3) is 18.1. The predicted octanol–water partition coefficient (Wildman–Crippen LogP) is 6.55. The maximum Gasteiger partial charge on any atom is 0.334 e. The van der Waals surface area contributed by atoms with Gasteiger partial charge < -0.3 is 20.4 Å². The summed E-state index contributed by atoms with van der Waals surface area (Å²) in [5.74, 6) is -2.90. The quantitative estimate of drug-likeness (QED) is 0.252. The average molecular weight is 497 g/mol. The standard InChI is InChI=1S/C11H12O2.C8H8.C6H10O3.C4H6O2/c1-9(11(12)13)7-8-10-5-3-2-4-6-10;1-2-8-6-4-3-5-7-8;1-3-5(7)4(2)6(8)9;1-3(2)4(5)6/h2-7H,8H2,1H3,(H,12,13);2-7H,1H2;7H,3H2,1-2H3,(H,8,9);1H2,2H3,(H,5,6)/b9-7+;;5-4+;. The zero-order valence-corrected chi connectivity index (χ0v) is 21.3. The zero-order chi connectivity index (χ0) is 28.1. The number of hydrogen-bond donors (Lipinski definition) is 4. The van der Waals surface area contributed by atoms with E-state index in [2.05, 4.69) is 13.2 Å². The Labute approximate surface area is 213 Å². The van der Waals surface area contributed by atoms with Gasteiger partial charge in [-0.25, -0.2) is 14.4 Å². The Morgan fingerprint density at radius 2 is 1.22 bits per heavy atom. The maximum absolute atomic E-state index is 10.5. The molecule has 0 aliphatic heterocycles. The van der Waals surface area contributed by atoms with Crippen molar-refractivity contribution in [3.63, 3.8) is 0 Å². The molecule has 0 amide bonds. The first-order chi connectivity index (χ1) is 16.9. The number of carboxylic acid groups (broad SMARTS) is 3. The monoisotopic (exact) mass is 496 g/mol. The molecule has 0 bridgehead atoms. The van der Waals surface area contributed by atoms with E-state index in [-0.39, 0.29) is 16.9 Å². The van der Waals surface area contributed by atoms with Crippen molar-refractivity contribution in [3.05, 3.63) is 114 Å². The highest BCUT2D eigenvalue weighted by Crippen LogP contribution is 2.04. The van der Waals surface area contributed by atoms with Crippen LogP contribution in [0.5, 0.6) is 0 Å². The molecule has 0 heterocycles. The van der Waals surface area contributed by atoms with E-state index in [4.69, 9.17) is 20.4 Å². The third-order valence-electron chi connectivity index (χ3n) is 4.31. The summed E-state index contributed by atoms with van der Waals surface area (Å²) in [5.41, 5.74) is 2.90. The van der Waals surface area contributed by atoms with E-state index in [0.29, 0.717) is 18.4 Å². The van der Waals surface area contributed by atoms with E-state index >= 15 is 0 Å². The number of hydrogen-bond acceptors (Lipinski definition) is 4. The van der Waals surface area contributed by atoms with Crippen molar-refractivity contribution in [1.29, 1.82) is 0 Å². The van der Waals surface area contributed by atoms with Crippen molar-refractivity contribution in [1.82, 2.24) is 0 Å². The van der Waals surface area contributed by atoms with Gasteiger partial charge in [-0.3, -0.25) is 0 Å². The highest BCUT2D eigenvalue weighted by atomic mass is 16.4. The topological polar surface area (TPSA) is 132 Å². The molecule has 0 saturated heterocycles. The van der Waals surface area contributed by atoms with Crippen LogP contribution in [0.1, 0.15) is 45.2 Å². The first kappa shape index (κ1) is 33.8. The summed E-state index contributed by atoms with van der Waals surface area (Å²) in [4.78, 5) is 30.1. The average Bonchev–Trinajstić information content (AvgIpc) is 2.88.